The fourth-order valence-corrected chi connectivity index (χ4v) is 4.11. The molecular weight excluding hydrogens is 495 g/mol. The number of carbonyl (C=O) groups is 3. The molecular formula is C19H22F3N7O5S. The number of ether oxygens (including phenoxy) is 1. The molecule has 3 N–H and O–H groups in total. The molecule has 3 aliphatic heterocycles. The van der Waals surface area contributed by atoms with Crippen LogP contribution in [0.1, 0.15) is 0 Å². The number of cyclic esters (lactones) is 1. The third-order valence-corrected chi connectivity index (χ3v) is 5.98. The molecule has 0 unspecified atom stereocenters. The van der Waals surface area contributed by atoms with Gasteiger partial charge in [-0.05, 0) is 18.2 Å². The molecule has 12 nitrogen and oxygen atoms in total. The Bertz CT molecular complexity index is 1020. The van der Waals surface area contributed by atoms with Crippen molar-refractivity contribution in [2.75, 3.05) is 55.0 Å². The number of urea groups is 1. The average Bonchev–Trinajstić information content (AvgIpc) is 3.39. The molecule has 0 aromatic heterocycles. The molecule has 4 amide bonds. The van der Waals surface area contributed by atoms with Gasteiger partial charge < -0.3 is 15.0 Å². The van der Waals surface area contributed by atoms with Crippen LogP contribution in [0, 0.1) is 5.82 Å². The fourth-order valence-electron chi connectivity index (χ4n) is 3.56. The lowest BCUT2D eigenvalue weighted by molar-refractivity contribution is -0.132. The number of hydroxylamine groups is 2. The van der Waals surface area contributed by atoms with E-state index in [1.165, 1.54) is 23.9 Å². The molecule has 4 rings (SSSR count). The first-order valence-electron chi connectivity index (χ1n) is 10.5. The number of carbonyl (C=O) groups excluding carboxylic acids is 3. The summed E-state index contributed by atoms with van der Waals surface area (Å²) < 4.78 is 44.7. The molecule has 3 aliphatic rings. The molecule has 1 atom stereocenters. The van der Waals surface area contributed by atoms with Crippen molar-refractivity contribution in [2.45, 2.75) is 12.5 Å². The van der Waals surface area contributed by atoms with Crippen molar-refractivity contribution < 1.29 is 37.1 Å². The van der Waals surface area contributed by atoms with E-state index in [2.05, 4.69) is 15.8 Å². The summed E-state index contributed by atoms with van der Waals surface area (Å²) in [4.78, 5) is 43.9. The van der Waals surface area contributed by atoms with Crippen molar-refractivity contribution in [2.24, 2.45) is 5.10 Å². The summed E-state index contributed by atoms with van der Waals surface area (Å²) in [5, 5.41) is 10.1. The van der Waals surface area contributed by atoms with Crippen molar-refractivity contribution in [3.63, 3.8) is 0 Å². The van der Waals surface area contributed by atoms with E-state index >= 15 is 0 Å². The molecule has 190 valence electrons. The maximum Gasteiger partial charge on any atom is 0.414 e. The largest absolute Gasteiger partial charge is 0.442 e. The molecule has 16 heteroatoms. The smallest absolute Gasteiger partial charge is 0.414 e. The number of hydrogen-bond donors (Lipinski definition) is 3. The topological polar surface area (TPSA) is 128 Å². The van der Waals surface area contributed by atoms with Crippen LogP contribution in [-0.2, 0) is 14.4 Å². The number of amidine groups is 1. The van der Waals surface area contributed by atoms with E-state index in [0.717, 1.165) is 16.0 Å². The van der Waals surface area contributed by atoms with Gasteiger partial charge >= 0.3 is 18.5 Å². The van der Waals surface area contributed by atoms with E-state index in [-0.39, 0.29) is 37.6 Å². The summed E-state index contributed by atoms with van der Waals surface area (Å²) in [5.74, 6) is -1.51. The Morgan fingerprint density at radius 2 is 2.11 bits per heavy atom. The maximum atomic E-state index is 15.0. The van der Waals surface area contributed by atoms with Gasteiger partial charge in [-0.15, -0.1) is 0 Å². The van der Waals surface area contributed by atoms with Gasteiger partial charge in [0.15, 0.2) is 5.17 Å². The SMILES string of the molecule is O=C(NC[C@H]1CN(c2ccc(N3CCON(C(=O)NC4=NNCS4)CC3)c(F)c2)C(=O)O1)C(F)F. The Hall–Kier alpha value is -3.40. The lowest BCUT2D eigenvalue weighted by Gasteiger charge is -2.24. The molecule has 3 heterocycles. The molecule has 2 saturated heterocycles. The minimum absolute atomic E-state index is 0.0398. The van der Waals surface area contributed by atoms with Crippen LogP contribution in [0.4, 0.5) is 34.1 Å². The van der Waals surface area contributed by atoms with E-state index in [1.807, 2.05) is 5.32 Å². The van der Waals surface area contributed by atoms with Crippen LogP contribution in [0.3, 0.4) is 0 Å². The number of thioether (sulfide) groups is 1. The summed E-state index contributed by atoms with van der Waals surface area (Å²) in [6.45, 7) is 0.586. The maximum absolute atomic E-state index is 15.0. The first-order chi connectivity index (χ1) is 16.8. The number of alkyl halides is 2. The van der Waals surface area contributed by atoms with E-state index in [9.17, 15) is 27.6 Å². The minimum atomic E-state index is -3.17. The number of amides is 4. The fraction of sp³-hybridized carbons (Fsp3) is 0.474. The van der Waals surface area contributed by atoms with Crippen LogP contribution in [0.15, 0.2) is 23.3 Å². The van der Waals surface area contributed by atoms with E-state index in [1.54, 1.807) is 4.90 Å². The predicted molar refractivity (Wildman–Crippen MR) is 119 cm³/mol. The molecule has 0 bridgehead atoms. The number of halogens is 3. The van der Waals surface area contributed by atoms with E-state index < -0.39 is 36.4 Å². The lowest BCUT2D eigenvalue weighted by atomic mass is 10.2. The number of nitrogens with one attached hydrogen (secondary N) is 3. The number of hydrogen-bond acceptors (Lipinski definition) is 9. The standard InChI is InChI=1S/C19H22F3N7O5S/c20-13-7-11(28-9-12(34-19(28)32)8-23-16(30)15(21)22)1-2-14(13)27-3-4-29(33-6-5-27)18(31)25-17-26-24-10-35-17/h1-2,7,12,15,24H,3-6,8-10H2,(H,23,30)(H,25,26,31)/t12-/m0/s1. The zero-order valence-electron chi connectivity index (χ0n) is 18.2. The van der Waals surface area contributed by atoms with Gasteiger partial charge in [0.2, 0.25) is 0 Å². The highest BCUT2D eigenvalue weighted by molar-refractivity contribution is 8.14. The summed E-state index contributed by atoms with van der Waals surface area (Å²) in [6, 6.07) is 3.70. The molecule has 1 aromatic rings. The predicted octanol–water partition coefficient (Wildman–Crippen LogP) is 0.860. The second-order valence-electron chi connectivity index (χ2n) is 7.51. The van der Waals surface area contributed by atoms with Gasteiger partial charge in [0, 0.05) is 13.1 Å². The Balaban J connectivity index is 1.34. The highest BCUT2D eigenvalue weighted by Crippen LogP contribution is 2.28. The number of rotatable bonds is 5. The minimum Gasteiger partial charge on any atom is -0.442 e. The normalized spacial score (nSPS) is 20.3. The first kappa shape index (κ1) is 24.7. The molecule has 2 fully saturated rings. The third kappa shape index (κ3) is 6.00. The number of benzene rings is 1. The molecule has 0 saturated carbocycles. The van der Waals surface area contributed by atoms with Crippen LogP contribution in [0.5, 0.6) is 0 Å². The van der Waals surface area contributed by atoms with Crippen LogP contribution in [0.2, 0.25) is 0 Å². The van der Waals surface area contributed by atoms with Gasteiger partial charge in [-0.2, -0.15) is 13.9 Å². The molecule has 1 aromatic carbocycles. The molecule has 0 aliphatic carbocycles. The lowest BCUT2D eigenvalue weighted by Crippen LogP contribution is -2.43. The van der Waals surface area contributed by atoms with Gasteiger partial charge in [-0.1, -0.05) is 11.8 Å². The number of hydrazone groups is 1. The van der Waals surface area contributed by atoms with E-state index in [0.29, 0.717) is 24.1 Å². The second-order valence-corrected chi connectivity index (χ2v) is 8.48. The summed E-state index contributed by atoms with van der Waals surface area (Å²) in [5.41, 5.74) is 3.20. The zero-order valence-corrected chi connectivity index (χ0v) is 19.0. The van der Waals surface area contributed by atoms with Crippen LogP contribution in [0.25, 0.3) is 0 Å². The zero-order chi connectivity index (χ0) is 24.9. The van der Waals surface area contributed by atoms with Gasteiger partial charge in [0.05, 0.1) is 43.5 Å². The van der Waals surface area contributed by atoms with Crippen LogP contribution < -0.4 is 25.9 Å². The number of anilines is 2. The monoisotopic (exact) mass is 517 g/mol. The quantitative estimate of drug-likeness (QED) is 0.525. The van der Waals surface area contributed by atoms with Gasteiger partial charge in [0.1, 0.15) is 11.9 Å². The van der Waals surface area contributed by atoms with Gasteiger partial charge in [0.25, 0.3) is 5.91 Å². The Morgan fingerprint density at radius 1 is 1.29 bits per heavy atom. The first-order valence-corrected chi connectivity index (χ1v) is 11.5. The molecule has 0 radical (unpaired) electrons. The average molecular weight is 517 g/mol. The van der Waals surface area contributed by atoms with Gasteiger partial charge in [-0.25, -0.2) is 19.0 Å². The van der Waals surface area contributed by atoms with Crippen molar-refractivity contribution in [3.8, 4) is 0 Å². The van der Waals surface area contributed by atoms with Crippen molar-refractivity contribution >= 4 is 46.3 Å². The van der Waals surface area contributed by atoms with E-state index in [4.69, 9.17) is 9.57 Å². The highest BCUT2D eigenvalue weighted by atomic mass is 32.2. The summed E-state index contributed by atoms with van der Waals surface area (Å²) in [7, 11) is 0. The molecule has 0 spiro atoms. The second kappa shape index (κ2) is 10.9. The van der Waals surface area contributed by atoms with Crippen molar-refractivity contribution in [1.29, 1.82) is 0 Å². The summed E-state index contributed by atoms with van der Waals surface area (Å²) in [6.07, 6.45) is -4.80. The Labute approximate surface area is 201 Å². The van der Waals surface area contributed by atoms with Gasteiger partial charge in [-0.3, -0.25) is 25.3 Å². The third-order valence-electron chi connectivity index (χ3n) is 5.24. The highest BCUT2D eigenvalue weighted by Gasteiger charge is 2.34. The van der Waals surface area contributed by atoms with Crippen LogP contribution >= 0.6 is 11.8 Å². The Morgan fingerprint density at radius 3 is 2.83 bits per heavy atom. The Kier molecular flexibility index (Phi) is 7.70. The summed E-state index contributed by atoms with van der Waals surface area (Å²) >= 11 is 1.34. The molecule has 35 heavy (non-hydrogen) atoms. The number of nitrogens with zero attached hydrogens (tertiary/aromatic N) is 4. The van der Waals surface area contributed by atoms with Crippen molar-refractivity contribution in [3.05, 3.63) is 24.0 Å². The van der Waals surface area contributed by atoms with Crippen molar-refractivity contribution in [1.82, 2.24) is 21.1 Å². The van der Waals surface area contributed by atoms with Crippen LogP contribution in [-0.4, -0.2) is 86.0 Å².